The average Bonchev–Trinajstić information content (AvgIpc) is 3.36. The normalized spacial score (nSPS) is 22.9. The Hall–Kier alpha value is -3.25. The lowest BCUT2D eigenvalue weighted by molar-refractivity contribution is 0.0995. The Balaban J connectivity index is 1.24. The first kappa shape index (κ1) is 27.3. The molecule has 2 saturated heterocycles. The van der Waals surface area contributed by atoms with Crippen molar-refractivity contribution in [1.29, 1.82) is 0 Å². The van der Waals surface area contributed by atoms with Gasteiger partial charge in [-0.05, 0) is 74.8 Å². The van der Waals surface area contributed by atoms with Crippen LogP contribution in [0.4, 0.5) is 16.3 Å². The molecule has 0 radical (unpaired) electrons. The number of likely N-dealkylation sites (tertiary alicyclic amines) is 1. The first-order valence-electron chi connectivity index (χ1n) is 13.6. The van der Waals surface area contributed by atoms with Crippen molar-refractivity contribution in [2.75, 3.05) is 37.8 Å². The van der Waals surface area contributed by atoms with Gasteiger partial charge in [-0.2, -0.15) is 0 Å². The molecule has 1 spiro atoms. The summed E-state index contributed by atoms with van der Waals surface area (Å²) < 4.78 is 23.5. The van der Waals surface area contributed by atoms with Gasteiger partial charge in [-0.3, -0.25) is 4.79 Å². The van der Waals surface area contributed by atoms with E-state index in [9.17, 15) is 18.0 Å². The van der Waals surface area contributed by atoms with E-state index in [2.05, 4.69) is 20.9 Å². The number of nitrogens with zero attached hydrogens (tertiary/aromatic N) is 3. The Morgan fingerprint density at radius 1 is 1.13 bits per heavy atom. The standard InChI is InChI=1S/C27H37N7O4S/c1-39(37,38)21-7-5-19(6-8-21)31-25-23(24(28)35)30-16-22(33-25)18-3-2-4-20(15-18)32-26(36)34-13-10-27(11-14-34)9-12-29-17-27/h5-8,16,18,20,29H,2-4,9-15,17H2,1H3,(H2,28,35)(H,31,33)(H,32,36)/t18?,20-/m1/s1. The van der Waals surface area contributed by atoms with Crippen molar-refractivity contribution in [3.05, 3.63) is 41.9 Å². The number of hydrogen-bond acceptors (Lipinski definition) is 8. The molecular weight excluding hydrogens is 518 g/mol. The zero-order chi connectivity index (χ0) is 27.6. The molecule has 1 aromatic heterocycles. The third-order valence-corrected chi connectivity index (χ3v) is 9.56. The maximum absolute atomic E-state index is 13.0. The number of sulfone groups is 1. The molecule has 210 valence electrons. The number of carbonyl (C=O) groups excluding carboxylic acids is 2. The highest BCUT2D eigenvalue weighted by atomic mass is 32.2. The molecule has 2 aromatic rings. The van der Waals surface area contributed by atoms with Gasteiger partial charge in [0, 0.05) is 49.7 Å². The van der Waals surface area contributed by atoms with E-state index < -0.39 is 15.7 Å². The highest BCUT2D eigenvalue weighted by Gasteiger charge is 2.38. The van der Waals surface area contributed by atoms with Crippen LogP contribution in [0, 0.1) is 5.41 Å². The highest BCUT2D eigenvalue weighted by Crippen LogP contribution is 2.37. The van der Waals surface area contributed by atoms with Gasteiger partial charge in [0.05, 0.1) is 10.6 Å². The van der Waals surface area contributed by atoms with E-state index in [-0.39, 0.29) is 34.4 Å². The number of hydrogen-bond donors (Lipinski definition) is 4. The van der Waals surface area contributed by atoms with Crippen molar-refractivity contribution in [2.45, 2.75) is 61.8 Å². The maximum Gasteiger partial charge on any atom is 0.317 e. The number of nitrogens with one attached hydrogen (secondary N) is 3. The number of benzene rings is 1. The number of urea groups is 1. The third-order valence-electron chi connectivity index (χ3n) is 8.43. The van der Waals surface area contributed by atoms with Crippen molar-refractivity contribution in [3.8, 4) is 0 Å². The number of rotatable bonds is 6. The number of piperidine rings is 1. The van der Waals surface area contributed by atoms with Crippen LogP contribution in [-0.4, -0.2) is 73.7 Å². The molecule has 3 heterocycles. The minimum absolute atomic E-state index is 0.00642. The van der Waals surface area contributed by atoms with E-state index in [0.717, 1.165) is 76.7 Å². The van der Waals surface area contributed by atoms with Crippen LogP contribution in [0.3, 0.4) is 0 Å². The third kappa shape index (κ3) is 6.33. The fourth-order valence-electron chi connectivity index (χ4n) is 6.05. The topological polar surface area (TPSA) is 159 Å². The Morgan fingerprint density at radius 2 is 1.87 bits per heavy atom. The lowest BCUT2D eigenvalue weighted by atomic mass is 9.78. The zero-order valence-electron chi connectivity index (χ0n) is 22.3. The van der Waals surface area contributed by atoms with Crippen LogP contribution in [0.15, 0.2) is 35.4 Å². The van der Waals surface area contributed by atoms with Crippen LogP contribution in [0.5, 0.6) is 0 Å². The summed E-state index contributed by atoms with van der Waals surface area (Å²) in [6.45, 7) is 3.73. The molecule has 3 amide bonds. The monoisotopic (exact) mass is 555 g/mol. The summed E-state index contributed by atoms with van der Waals surface area (Å²) in [6.07, 6.45) is 9.53. The van der Waals surface area contributed by atoms with Gasteiger partial charge in [0.1, 0.15) is 0 Å². The van der Waals surface area contributed by atoms with E-state index in [4.69, 9.17) is 10.7 Å². The summed E-state index contributed by atoms with van der Waals surface area (Å²) in [5.41, 5.74) is 7.20. The summed E-state index contributed by atoms with van der Waals surface area (Å²) in [4.78, 5) is 36.2. The minimum atomic E-state index is -3.33. The molecule has 1 aromatic carbocycles. The van der Waals surface area contributed by atoms with Gasteiger partial charge < -0.3 is 26.6 Å². The Kier molecular flexibility index (Phi) is 7.77. The Bertz CT molecular complexity index is 1320. The summed E-state index contributed by atoms with van der Waals surface area (Å²) >= 11 is 0. The number of aromatic nitrogens is 2. The Morgan fingerprint density at radius 3 is 2.51 bits per heavy atom. The molecule has 1 saturated carbocycles. The summed E-state index contributed by atoms with van der Waals surface area (Å²) in [5, 5.41) is 9.79. The van der Waals surface area contributed by atoms with Crippen LogP contribution in [0.1, 0.15) is 67.0 Å². The quantitative estimate of drug-likeness (QED) is 0.423. The summed E-state index contributed by atoms with van der Waals surface area (Å²) in [7, 11) is -3.33. The van der Waals surface area contributed by atoms with Gasteiger partial charge >= 0.3 is 6.03 Å². The van der Waals surface area contributed by atoms with E-state index in [1.807, 2.05) is 4.90 Å². The zero-order valence-corrected chi connectivity index (χ0v) is 23.1. The number of carbonyl (C=O) groups is 2. The molecule has 5 rings (SSSR count). The molecule has 12 heteroatoms. The smallest absolute Gasteiger partial charge is 0.317 e. The van der Waals surface area contributed by atoms with Crippen LogP contribution >= 0.6 is 0 Å². The summed E-state index contributed by atoms with van der Waals surface area (Å²) in [5.74, 6) is -0.419. The van der Waals surface area contributed by atoms with Crippen molar-refractivity contribution in [1.82, 2.24) is 25.5 Å². The predicted molar refractivity (Wildman–Crippen MR) is 148 cm³/mol. The first-order chi connectivity index (χ1) is 18.6. The van der Waals surface area contributed by atoms with E-state index in [1.54, 1.807) is 18.3 Å². The number of primary amides is 1. The van der Waals surface area contributed by atoms with Crippen molar-refractivity contribution >= 4 is 33.3 Å². The van der Waals surface area contributed by atoms with Crippen LogP contribution < -0.4 is 21.7 Å². The van der Waals surface area contributed by atoms with Gasteiger partial charge in [0.25, 0.3) is 5.91 Å². The second-order valence-electron chi connectivity index (χ2n) is 11.2. The van der Waals surface area contributed by atoms with Gasteiger partial charge in [-0.1, -0.05) is 6.42 Å². The second-order valence-corrected chi connectivity index (χ2v) is 13.2. The molecule has 0 bridgehead atoms. The highest BCUT2D eigenvalue weighted by molar-refractivity contribution is 7.90. The van der Waals surface area contributed by atoms with E-state index in [0.29, 0.717) is 11.1 Å². The lowest BCUT2D eigenvalue weighted by Crippen LogP contribution is -2.51. The average molecular weight is 556 g/mol. The molecular formula is C27H37N7O4S. The second kappa shape index (κ2) is 11.1. The van der Waals surface area contributed by atoms with E-state index >= 15 is 0 Å². The van der Waals surface area contributed by atoms with Gasteiger partial charge in [0.15, 0.2) is 21.3 Å². The van der Waals surface area contributed by atoms with Crippen molar-refractivity contribution in [2.24, 2.45) is 11.1 Å². The van der Waals surface area contributed by atoms with Crippen LogP contribution in [0.2, 0.25) is 0 Å². The lowest BCUT2D eigenvalue weighted by Gasteiger charge is -2.39. The molecule has 11 nitrogen and oxygen atoms in total. The van der Waals surface area contributed by atoms with Gasteiger partial charge in [0.2, 0.25) is 0 Å². The van der Waals surface area contributed by atoms with Crippen molar-refractivity contribution < 1.29 is 18.0 Å². The van der Waals surface area contributed by atoms with Crippen molar-refractivity contribution in [3.63, 3.8) is 0 Å². The van der Waals surface area contributed by atoms with Crippen LogP contribution in [-0.2, 0) is 9.84 Å². The molecule has 1 aliphatic carbocycles. The van der Waals surface area contributed by atoms with Gasteiger partial charge in [-0.25, -0.2) is 23.2 Å². The number of nitrogens with two attached hydrogens (primary N) is 1. The fourth-order valence-corrected chi connectivity index (χ4v) is 6.68. The summed E-state index contributed by atoms with van der Waals surface area (Å²) in [6, 6.07) is 6.23. The number of amides is 3. The molecule has 3 aliphatic rings. The minimum Gasteiger partial charge on any atom is -0.364 e. The Labute approximate surface area is 229 Å². The van der Waals surface area contributed by atoms with E-state index in [1.165, 1.54) is 18.6 Å². The molecule has 3 fully saturated rings. The SMILES string of the molecule is CS(=O)(=O)c1ccc(Nc2nc(C3CCC[C@@H](NC(=O)N4CCC5(CCNC5)CC4)C3)cnc2C(N)=O)cc1. The maximum atomic E-state index is 13.0. The van der Waals surface area contributed by atoms with Crippen LogP contribution in [0.25, 0.3) is 0 Å². The molecule has 2 aliphatic heterocycles. The number of anilines is 2. The fraction of sp³-hybridized carbons (Fsp3) is 0.556. The molecule has 5 N–H and O–H groups in total. The predicted octanol–water partition coefficient (Wildman–Crippen LogP) is 2.53. The van der Waals surface area contributed by atoms with Gasteiger partial charge in [-0.15, -0.1) is 0 Å². The first-order valence-corrected chi connectivity index (χ1v) is 15.5. The molecule has 1 unspecified atom stereocenters. The molecule has 2 atom stereocenters. The molecule has 39 heavy (non-hydrogen) atoms. The largest absolute Gasteiger partial charge is 0.364 e.